The molecule has 124 valence electrons. The summed E-state index contributed by atoms with van der Waals surface area (Å²) in [4.78, 5) is 2.48. The van der Waals surface area contributed by atoms with Gasteiger partial charge in [-0.1, -0.05) is 30.3 Å². The lowest BCUT2D eigenvalue weighted by molar-refractivity contribution is 0.130. The molecule has 4 nitrogen and oxygen atoms in total. The average Bonchev–Trinajstić information content (AvgIpc) is 2.92. The lowest BCUT2D eigenvalue weighted by atomic mass is 9.93. The van der Waals surface area contributed by atoms with Crippen LogP contribution in [0.5, 0.6) is 0 Å². The fraction of sp³-hybridized carbons (Fsp3) is 0.526. The minimum Gasteiger partial charge on any atom is -0.388 e. The zero-order valence-electron chi connectivity index (χ0n) is 14.2. The average molecular weight is 313 g/mol. The van der Waals surface area contributed by atoms with Crippen LogP contribution in [-0.2, 0) is 7.05 Å². The van der Waals surface area contributed by atoms with E-state index in [1.807, 2.05) is 42.1 Å². The maximum atomic E-state index is 10.3. The lowest BCUT2D eigenvalue weighted by Crippen LogP contribution is -2.34. The molecule has 4 heteroatoms. The van der Waals surface area contributed by atoms with Crippen molar-refractivity contribution in [3.05, 3.63) is 53.3 Å². The second kappa shape index (κ2) is 7.28. The molecular formula is C19H27N3O. The van der Waals surface area contributed by atoms with Crippen molar-refractivity contribution in [2.75, 3.05) is 19.6 Å². The number of piperidine rings is 1. The number of aliphatic hydroxyl groups excluding tert-OH is 1. The molecule has 1 aromatic heterocycles. The third-order valence-corrected chi connectivity index (χ3v) is 4.95. The molecule has 1 atom stereocenters. The SMILES string of the molecule is Cc1cc(C2CCN(CCC(O)c3ccccc3)CC2)n(C)n1. The topological polar surface area (TPSA) is 41.3 Å². The molecule has 2 aromatic rings. The van der Waals surface area contributed by atoms with E-state index >= 15 is 0 Å². The summed E-state index contributed by atoms with van der Waals surface area (Å²) in [6.45, 7) is 5.24. The monoisotopic (exact) mass is 313 g/mol. The zero-order valence-corrected chi connectivity index (χ0v) is 14.2. The van der Waals surface area contributed by atoms with Gasteiger partial charge in [0.25, 0.3) is 0 Å². The highest BCUT2D eigenvalue weighted by molar-refractivity contribution is 5.17. The van der Waals surface area contributed by atoms with Gasteiger partial charge in [0.1, 0.15) is 0 Å². The van der Waals surface area contributed by atoms with Crippen LogP contribution >= 0.6 is 0 Å². The Morgan fingerprint density at radius 1 is 1.22 bits per heavy atom. The van der Waals surface area contributed by atoms with E-state index in [9.17, 15) is 5.11 Å². The maximum absolute atomic E-state index is 10.3. The molecule has 0 bridgehead atoms. The van der Waals surface area contributed by atoms with E-state index in [0.717, 1.165) is 37.3 Å². The molecule has 1 aromatic carbocycles. The summed E-state index contributed by atoms with van der Waals surface area (Å²) in [7, 11) is 2.05. The van der Waals surface area contributed by atoms with Crippen LogP contribution in [0, 0.1) is 6.92 Å². The predicted molar refractivity (Wildman–Crippen MR) is 92.4 cm³/mol. The summed E-state index contributed by atoms with van der Waals surface area (Å²) in [6.07, 6.45) is 2.81. The number of aryl methyl sites for hydroxylation is 2. The van der Waals surface area contributed by atoms with Crippen molar-refractivity contribution in [3.63, 3.8) is 0 Å². The van der Waals surface area contributed by atoms with Crippen LogP contribution in [0.3, 0.4) is 0 Å². The van der Waals surface area contributed by atoms with Crippen LogP contribution < -0.4 is 0 Å². The van der Waals surface area contributed by atoms with E-state index in [2.05, 4.69) is 23.0 Å². The fourth-order valence-corrected chi connectivity index (χ4v) is 3.61. The van der Waals surface area contributed by atoms with Crippen LogP contribution in [0.4, 0.5) is 0 Å². The third kappa shape index (κ3) is 4.01. The summed E-state index contributed by atoms with van der Waals surface area (Å²) in [6, 6.07) is 12.2. The molecule has 1 aliphatic rings. The van der Waals surface area contributed by atoms with E-state index in [1.165, 1.54) is 18.5 Å². The quantitative estimate of drug-likeness (QED) is 0.922. The predicted octanol–water partition coefficient (Wildman–Crippen LogP) is 3.03. The Balaban J connectivity index is 1.47. The second-order valence-corrected chi connectivity index (χ2v) is 6.67. The van der Waals surface area contributed by atoms with Crippen molar-refractivity contribution in [3.8, 4) is 0 Å². The number of aromatic nitrogens is 2. The molecule has 1 unspecified atom stereocenters. The van der Waals surface area contributed by atoms with Gasteiger partial charge in [-0.25, -0.2) is 0 Å². The molecule has 0 aliphatic carbocycles. The molecule has 1 aliphatic heterocycles. The number of hydrogen-bond donors (Lipinski definition) is 1. The maximum Gasteiger partial charge on any atom is 0.0802 e. The first kappa shape index (κ1) is 16.2. The summed E-state index contributed by atoms with van der Waals surface area (Å²) in [5.41, 5.74) is 3.50. The van der Waals surface area contributed by atoms with Gasteiger partial charge in [0, 0.05) is 25.2 Å². The highest BCUT2D eigenvalue weighted by Crippen LogP contribution is 2.28. The molecular weight excluding hydrogens is 286 g/mol. The minimum absolute atomic E-state index is 0.353. The Bertz CT molecular complexity index is 615. The summed E-state index contributed by atoms with van der Waals surface area (Å²) in [5, 5.41) is 14.8. The molecule has 0 saturated carbocycles. The number of aliphatic hydroxyl groups is 1. The van der Waals surface area contributed by atoms with E-state index in [0.29, 0.717) is 5.92 Å². The van der Waals surface area contributed by atoms with Crippen molar-refractivity contribution in [1.29, 1.82) is 0 Å². The van der Waals surface area contributed by atoms with Gasteiger partial charge in [-0.3, -0.25) is 4.68 Å². The normalized spacial score (nSPS) is 18.2. The molecule has 23 heavy (non-hydrogen) atoms. The van der Waals surface area contributed by atoms with Gasteiger partial charge in [-0.05, 0) is 50.9 Å². The molecule has 0 radical (unpaired) electrons. The van der Waals surface area contributed by atoms with Gasteiger partial charge >= 0.3 is 0 Å². The van der Waals surface area contributed by atoms with Gasteiger partial charge in [-0.15, -0.1) is 0 Å². The van der Waals surface area contributed by atoms with Crippen molar-refractivity contribution in [2.45, 2.75) is 38.2 Å². The molecule has 1 saturated heterocycles. The van der Waals surface area contributed by atoms with Crippen molar-refractivity contribution < 1.29 is 5.11 Å². The molecule has 0 amide bonds. The highest BCUT2D eigenvalue weighted by Gasteiger charge is 2.23. The van der Waals surface area contributed by atoms with Gasteiger partial charge < -0.3 is 10.0 Å². The lowest BCUT2D eigenvalue weighted by Gasteiger charge is -2.32. The van der Waals surface area contributed by atoms with Crippen LogP contribution in [0.25, 0.3) is 0 Å². The molecule has 3 rings (SSSR count). The van der Waals surface area contributed by atoms with Crippen LogP contribution in [0.15, 0.2) is 36.4 Å². The van der Waals surface area contributed by atoms with Crippen molar-refractivity contribution >= 4 is 0 Å². The first-order valence-electron chi connectivity index (χ1n) is 8.59. The largest absolute Gasteiger partial charge is 0.388 e. The number of hydrogen-bond acceptors (Lipinski definition) is 3. The minimum atomic E-state index is -0.353. The Labute approximate surface area is 138 Å². The molecule has 1 fully saturated rings. The summed E-state index contributed by atoms with van der Waals surface area (Å²) >= 11 is 0. The number of likely N-dealkylation sites (tertiary alicyclic amines) is 1. The standard InChI is InChI=1S/C19H27N3O/c1-15-14-18(21(2)20-15)16-8-11-22(12-9-16)13-10-19(23)17-6-4-3-5-7-17/h3-7,14,16,19,23H,8-13H2,1-2H3. The summed E-state index contributed by atoms with van der Waals surface area (Å²) in [5.74, 6) is 0.622. The Kier molecular flexibility index (Phi) is 5.13. The first-order chi connectivity index (χ1) is 11.1. The molecule has 0 spiro atoms. The van der Waals surface area contributed by atoms with Crippen LogP contribution in [-0.4, -0.2) is 39.4 Å². The number of rotatable bonds is 5. The van der Waals surface area contributed by atoms with Gasteiger partial charge in [0.15, 0.2) is 0 Å². The summed E-state index contributed by atoms with van der Waals surface area (Å²) < 4.78 is 2.04. The smallest absolute Gasteiger partial charge is 0.0802 e. The van der Waals surface area contributed by atoms with E-state index < -0.39 is 0 Å². The Morgan fingerprint density at radius 2 is 1.91 bits per heavy atom. The second-order valence-electron chi connectivity index (χ2n) is 6.67. The van der Waals surface area contributed by atoms with Gasteiger partial charge in [-0.2, -0.15) is 5.10 Å². The van der Waals surface area contributed by atoms with Gasteiger partial charge in [0.2, 0.25) is 0 Å². The Morgan fingerprint density at radius 3 is 2.52 bits per heavy atom. The van der Waals surface area contributed by atoms with Crippen molar-refractivity contribution in [1.82, 2.24) is 14.7 Å². The highest BCUT2D eigenvalue weighted by atomic mass is 16.3. The first-order valence-corrected chi connectivity index (χ1v) is 8.59. The van der Waals surface area contributed by atoms with E-state index in [4.69, 9.17) is 0 Å². The number of benzene rings is 1. The fourth-order valence-electron chi connectivity index (χ4n) is 3.61. The van der Waals surface area contributed by atoms with Crippen LogP contribution in [0.2, 0.25) is 0 Å². The zero-order chi connectivity index (χ0) is 16.2. The van der Waals surface area contributed by atoms with Crippen LogP contribution in [0.1, 0.15) is 48.2 Å². The van der Waals surface area contributed by atoms with Crippen molar-refractivity contribution in [2.24, 2.45) is 7.05 Å². The van der Waals surface area contributed by atoms with E-state index in [-0.39, 0.29) is 6.10 Å². The third-order valence-electron chi connectivity index (χ3n) is 4.95. The molecule has 1 N–H and O–H groups in total. The van der Waals surface area contributed by atoms with Gasteiger partial charge in [0.05, 0.1) is 11.8 Å². The Hall–Kier alpha value is -1.65. The van der Waals surface area contributed by atoms with E-state index in [1.54, 1.807) is 0 Å². The number of nitrogens with zero attached hydrogens (tertiary/aromatic N) is 3. The molecule has 2 heterocycles.